The van der Waals surface area contributed by atoms with Gasteiger partial charge in [0.2, 0.25) is 0 Å². The molecule has 3 heterocycles. The van der Waals surface area contributed by atoms with Gasteiger partial charge in [0.15, 0.2) is 5.44 Å². The second-order valence-electron chi connectivity index (χ2n) is 9.73. The molecule has 4 nitrogen and oxygen atoms in total. The van der Waals surface area contributed by atoms with Crippen LogP contribution in [0, 0.1) is 11.8 Å². The average Bonchev–Trinajstić information content (AvgIpc) is 3.37. The zero-order valence-electron chi connectivity index (χ0n) is 17.8. The Morgan fingerprint density at radius 1 is 0.750 bits per heavy atom. The highest BCUT2D eigenvalue weighted by Crippen LogP contribution is 2.42. The molecule has 1 saturated carbocycles. The lowest BCUT2D eigenvalue weighted by Crippen LogP contribution is -2.32. The van der Waals surface area contributed by atoms with Crippen molar-refractivity contribution in [1.82, 2.24) is 10.4 Å². The summed E-state index contributed by atoms with van der Waals surface area (Å²) >= 11 is 1.57. The molecule has 0 amide bonds. The van der Waals surface area contributed by atoms with Crippen LogP contribution in [0.1, 0.15) is 96.3 Å². The lowest BCUT2D eigenvalue weighted by atomic mass is 9.76. The quantitative estimate of drug-likeness (QED) is 0.520. The van der Waals surface area contributed by atoms with Gasteiger partial charge >= 0.3 is 0 Å². The number of hydrogen-bond donors (Lipinski definition) is 1. The van der Waals surface area contributed by atoms with Gasteiger partial charge in [0.25, 0.3) is 0 Å². The van der Waals surface area contributed by atoms with E-state index >= 15 is 0 Å². The molecule has 4 rings (SSSR count). The van der Waals surface area contributed by atoms with E-state index in [4.69, 9.17) is 9.02 Å². The normalized spacial score (nSPS) is 40.1. The Bertz CT molecular complexity index is 452. The Labute approximate surface area is 177 Å². The lowest BCUT2D eigenvalue weighted by Gasteiger charge is -2.33. The van der Waals surface area contributed by atoms with Crippen LogP contribution in [0.15, 0.2) is 0 Å². The molecule has 3 aliphatic heterocycles. The first-order chi connectivity index (χ1) is 13.9. The van der Waals surface area contributed by atoms with E-state index in [9.17, 15) is 0 Å². The second-order valence-corrected chi connectivity index (χ2v) is 10.6. The van der Waals surface area contributed by atoms with Gasteiger partial charge in [0.05, 0.1) is 6.10 Å². The van der Waals surface area contributed by atoms with Crippen molar-refractivity contribution in [3.63, 3.8) is 0 Å². The maximum Gasteiger partial charge on any atom is 0.152 e. The van der Waals surface area contributed by atoms with Crippen LogP contribution in [0.2, 0.25) is 0 Å². The van der Waals surface area contributed by atoms with Gasteiger partial charge in [-0.05, 0) is 76.3 Å². The van der Waals surface area contributed by atoms with Crippen molar-refractivity contribution in [2.45, 2.75) is 114 Å². The molecule has 5 heteroatoms. The van der Waals surface area contributed by atoms with Gasteiger partial charge in [-0.3, -0.25) is 4.84 Å². The third-order valence-electron chi connectivity index (χ3n) is 7.66. The van der Waals surface area contributed by atoms with E-state index in [0.717, 1.165) is 30.8 Å². The largest absolute Gasteiger partial charge is 0.309 e. The SMILES string of the molecule is C1CCCCN2CCCC2CCC2CCCC(C2)C2CC(ONCCC1)SO2. The highest BCUT2D eigenvalue weighted by molar-refractivity contribution is 7.95. The minimum absolute atomic E-state index is 0.183. The van der Waals surface area contributed by atoms with E-state index in [1.54, 1.807) is 12.0 Å². The molecule has 1 N–H and O–H groups in total. The third kappa shape index (κ3) is 6.34. The van der Waals surface area contributed by atoms with E-state index in [1.165, 1.54) is 103 Å². The van der Waals surface area contributed by atoms with Gasteiger partial charge in [-0.25, -0.2) is 5.48 Å². The van der Waals surface area contributed by atoms with Crippen LogP contribution in [-0.4, -0.2) is 42.1 Å². The number of hydrogen-bond acceptors (Lipinski definition) is 5. The Morgan fingerprint density at radius 2 is 1.61 bits per heavy atom. The molecule has 162 valence electrons. The van der Waals surface area contributed by atoms with Crippen molar-refractivity contribution in [2.75, 3.05) is 19.6 Å². The number of nitrogens with zero attached hydrogens (tertiary/aromatic N) is 1. The monoisotopic (exact) mass is 410 g/mol. The summed E-state index contributed by atoms with van der Waals surface area (Å²) in [5.74, 6) is 1.68. The fourth-order valence-corrected chi connectivity index (χ4v) is 6.87. The van der Waals surface area contributed by atoms with Gasteiger partial charge in [0, 0.05) is 31.1 Å². The Balaban J connectivity index is 1.30. The number of nitrogens with one attached hydrogen (secondary N) is 1. The standard InChI is InChI=1S/C23H42N2O2S/c1-2-4-6-15-25-16-8-11-21(25)13-12-19-9-7-10-20(17-19)22-18-23(28-27-22)26-24-14-5-3-1/h19-24H,1-18H2. The summed E-state index contributed by atoms with van der Waals surface area (Å²) in [7, 11) is 0. The highest BCUT2D eigenvalue weighted by atomic mass is 32.2. The molecule has 0 aromatic rings. The summed E-state index contributed by atoms with van der Waals surface area (Å²) in [4.78, 5) is 8.72. The topological polar surface area (TPSA) is 33.7 Å². The Kier molecular flexibility index (Phi) is 8.83. The molecule has 5 unspecified atom stereocenters. The number of hydroxylamine groups is 1. The minimum Gasteiger partial charge on any atom is -0.309 e. The summed E-state index contributed by atoms with van der Waals surface area (Å²) in [6.07, 6.45) is 21.0. The zero-order valence-corrected chi connectivity index (χ0v) is 18.6. The van der Waals surface area contributed by atoms with Crippen LogP contribution in [0.3, 0.4) is 0 Å². The van der Waals surface area contributed by atoms with Crippen LogP contribution in [-0.2, 0) is 9.02 Å². The molecular weight excluding hydrogens is 368 g/mol. The zero-order chi connectivity index (χ0) is 19.0. The van der Waals surface area contributed by atoms with E-state index < -0.39 is 0 Å². The molecule has 1 aliphatic carbocycles. The van der Waals surface area contributed by atoms with Crippen molar-refractivity contribution in [3.8, 4) is 0 Å². The van der Waals surface area contributed by atoms with Crippen molar-refractivity contribution >= 4 is 12.0 Å². The second kappa shape index (κ2) is 11.5. The molecule has 0 aromatic heterocycles. The van der Waals surface area contributed by atoms with E-state index in [1.807, 2.05) is 0 Å². The van der Waals surface area contributed by atoms with Crippen molar-refractivity contribution in [1.29, 1.82) is 0 Å². The number of fused-ring (bicyclic) bond motifs is 6. The first kappa shape index (κ1) is 21.4. The molecule has 4 aliphatic rings. The lowest BCUT2D eigenvalue weighted by molar-refractivity contribution is 0.0104. The maximum atomic E-state index is 6.11. The highest BCUT2D eigenvalue weighted by Gasteiger charge is 2.37. The van der Waals surface area contributed by atoms with Crippen molar-refractivity contribution in [3.05, 3.63) is 0 Å². The summed E-state index contributed by atoms with van der Waals surface area (Å²) in [6.45, 7) is 3.68. The van der Waals surface area contributed by atoms with E-state index in [0.29, 0.717) is 6.10 Å². The van der Waals surface area contributed by atoms with Gasteiger partial charge in [-0.1, -0.05) is 38.5 Å². The molecule has 3 saturated heterocycles. The van der Waals surface area contributed by atoms with Crippen molar-refractivity contribution < 1.29 is 9.02 Å². The van der Waals surface area contributed by atoms with Gasteiger partial charge < -0.3 is 9.08 Å². The van der Waals surface area contributed by atoms with Crippen LogP contribution in [0.5, 0.6) is 0 Å². The molecule has 5 atom stereocenters. The van der Waals surface area contributed by atoms with Crippen LogP contribution in [0.4, 0.5) is 0 Å². The van der Waals surface area contributed by atoms with Crippen LogP contribution >= 0.6 is 12.0 Å². The molecule has 0 aromatic carbocycles. The number of rotatable bonds is 0. The first-order valence-corrected chi connectivity index (χ1v) is 13.1. The summed E-state index contributed by atoms with van der Waals surface area (Å²) in [5, 5.41) is 0. The smallest absolute Gasteiger partial charge is 0.152 e. The van der Waals surface area contributed by atoms with Gasteiger partial charge in [-0.2, -0.15) is 0 Å². The van der Waals surface area contributed by atoms with E-state index in [-0.39, 0.29) is 5.44 Å². The molecular formula is C23H42N2O2S. The van der Waals surface area contributed by atoms with Gasteiger partial charge in [0.1, 0.15) is 0 Å². The summed E-state index contributed by atoms with van der Waals surface area (Å²) in [5.41, 5.74) is 3.39. The predicted octanol–water partition coefficient (Wildman–Crippen LogP) is 5.68. The fourth-order valence-electron chi connectivity index (χ4n) is 5.99. The van der Waals surface area contributed by atoms with Crippen LogP contribution < -0.4 is 5.48 Å². The average molecular weight is 411 g/mol. The summed E-state index contributed by atoms with van der Waals surface area (Å²) in [6, 6.07) is 0.883. The van der Waals surface area contributed by atoms with Crippen molar-refractivity contribution in [2.24, 2.45) is 11.8 Å². The minimum atomic E-state index is 0.183. The molecule has 0 radical (unpaired) electrons. The predicted molar refractivity (Wildman–Crippen MR) is 117 cm³/mol. The third-order valence-corrected chi connectivity index (χ3v) is 8.52. The summed E-state index contributed by atoms with van der Waals surface area (Å²) < 4.78 is 6.11. The van der Waals surface area contributed by atoms with Crippen LogP contribution in [0.25, 0.3) is 0 Å². The fraction of sp³-hybridized carbons (Fsp3) is 1.00. The molecule has 28 heavy (non-hydrogen) atoms. The molecule has 4 fully saturated rings. The first-order valence-electron chi connectivity index (χ1n) is 12.3. The van der Waals surface area contributed by atoms with Gasteiger partial charge in [-0.15, -0.1) is 0 Å². The Morgan fingerprint density at radius 3 is 2.57 bits per heavy atom. The molecule has 0 spiro atoms. The Hall–Kier alpha value is 0.190. The van der Waals surface area contributed by atoms with E-state index in [2.05, 4.69) is 10.4 Å². The molecule has 4 bridgehead atoms. The maximum absolute atomic E-state index is 6.11.